The van der Waals surface area contributed by atoms with Crippen LogP contribution in [-0.4, -0.2) is 21.7 Å². The third-order valence-corrected chi connectivity index (χ3v) is 6.54. The Kier molecular flexibility index (Phi) is 6.66. The molecule has 0 radical (unpaired) electrons. The van der Waals surface area contributed by atoms with Crippen molar-refractivity contribution < 1.29 is 14.3 Å². The van der Waals surface area contributed by atoms with E-state index in [2.05, 4.69) is 31.0 Å². The first-order chi connectivity index (χ1) is 17.2. The lowest BCUT2D eigenvalue weighted by atomic mass is 10.0. The fourth-order valence-corrected chi connectivity index (χ4v) is 4.47. The monoisotopic (exact) mass is 466 g/mol. The number of rotatable bonds is 9. The average molecular weight is 467 g/mol. The highest BCUT2D eigenvalue weighted by molar-refractivity contribution is 6.09. The van der Waals surface area contributed by atoms with Gasteiger partial charge in [-0.2, -0.15) is 4.98 Å². The van der Waals surface area contributed by atoms with E-state index >= 15 is 0 Å². The maximum Gasteiger partial charge on any atom is 0.217 e. The first kappa shape index (κ1) is 22.9. The van der Waals surface area contributed by atoms with Gasteiger partial charge in [-0.25, -0.2) is 4.98 Å². The second-order valence-corrected chi connectivity index (χ2v) is 8.94. The van der Waals surface area contributed by atoms with Gasteiger partial charge >= 0.3 is 0 Å². The van der Waals surface area contributed by atoms with Crippen LogP contribution in [0.4, 0.5) is 0 Å². The molecular formula is C30H30N2O3. The quantitative estimate of drug-likeness (QED) is 0.238. The first-order valence-corrected chi connectivity index (χ1v) is 12.4. The summed E-state index contributed by atoms with van der Waals surface area (Å²) < 4.78 is 12.5. The van der Waals surface area contributed by atoms with E-state index < -0.39 is 0 Å². The molecule has 1 unspecified atom stereocenters. The zero-order valence-electron chi connectivity index (χ0n) is 20.2. The summed E-state index contributed by atoms with van der Waals surface area (Å²) in [6, 6.07) is 23.1. The maximum absolute atomic E-state index is 10.5. The summed E-state index contributed by atoms with van der Waals surface area (Å²) >= 11 is 0. The van der Waals surface area contributed by atoms with Crippen molar-refractivity contribution in [2.24, 2.45) is 5.92 Å². The molecule has 0 aliphatic heterocycles. The van der Waals surface area contributed by atoms with E-state index in [4.69, 9.17) is 14.1 Å². The zero-order valence-corrected chi connectivity index (χ0v) is 20.2. The SMILES string of the molecule is CCCCC(CC)COc1cc(-c2cccc3c2oc2ccccc23)nc(-c2ccccc2O)n1. The van der Waals surface area contributed by atoms with Gasteiger partial charge in [0.25, 0.3) is 0 Å². The third-order valence-electron chi connectivity index (χ3n) is 6.54. The summed E-state index contributed by atoms with van der Waals surface area (Å²) in [4.78, 5) is 9.52. The normalized spacial score (nSPS) is 12.3. The molecule has 5 aromatic rings. The van der Waals surface area contributed by atoms with Gasteiger partial charge in [0.15, 0.2) is 5.82 Å². The van der Waals surface area contributed by atoms with E-state index in [1.807, 2.05) is 48.5 Å². The van der Waals surface area contributed by atoms with Crippen LogP contribution in [0.3, 0.4) is 0 Å². The van der Waals surface area contributed by atoms with Gasteiger partial charge in [-0.1, -0.05) is 75.6 Å². The van der Waals surface area contributed by atoms with Gasteiger partial charge in [0, 0.05) is 22.4 Å². The average Bonchev–Trinajstić information content (AvgIpc) is 3.28. The number of ether oxygens (including phenoxy) is 1. The van der Waals surface area contributed by atoms with Crippen molar-refractivity contribution in [3.05, 3.63) is 72.8 Å². The van der Waals surface area contributed by atoms with Gasteiger partial charge < -0.3 is 14.3 Å². The van der Waals surface area contributed by atoms with Crippen LogP contribution in [0.5, 0.6) is 11.6 Å². The molecule has 0 bridgehead atoms. The number of aromatic hydroxyl groups is 1. The second kappa shape index (κ2) is 10.2. The minimum Gasteiger partial charge on any atom is -0.507 e. The smallest absolute Gasteiger partial charge is 0.217 e. The standard InChI is InChI=1S/C30H30N2O3/c1-3-5-11-20(4-2)19-34-28-18-25(31-30(32-28)24-13-6-8-16-26(24)33)23-15-10-14-22-21-12-7-9-17-27(21)35-29(22)23/h6-10,12-18,20,33H,3-5,11,19H2,1-2H3. The molecule has 0 aliphatic carbocycles. The lowest BCUT2D eigenvalue weighted by Gasteiger charge is -2.16. The molecule has 2 aromatic heterocycles. The highest BCUT2D eigenvalue weighted by Crippen LogP contribution is 2.37. The molecule has 0 saturated carbocycles. The Hall–Kier alpha value is -3.86. The fraction of sp³-hybridized carbons (Fsp3) is 0.267. The summed E-state index contributed by atoms with van der Waals surface area (Å²) in [5, 5.41) is 12.6. The Bertz CT molecular complexity index is 1460. The van der Waals surface area contributed by atoms with Crippen molar-refractivity contribution in [1.82, 2.24) is 9.97 Å². The largest absolute Gasteiger partial charge is 0.507 e. The van der Waals surface area contributed by atoms with E-state index in [-0.39, 0.29) is 5.75 Å². The van der Waals surface area contributed by atoms with Crippen molar-refractivity contribution in [3.63, 3.8) is 0 Å². The Labute approximate surface area is 205 Å². The number of phenols is 1. The van der Waals surface area contributed by atoms with Crippen LogP contribution in [0.25, 0.3) is 44.6 Å². The number of unbranched alkanes of at least 4 members (excludes halogenated alkanes) is 1. The number of fused-ring (bicyclic) bond motifs is 3. The predicted molar refractivity (Wildman–Crippen MR) is 141 cm³/mol. The Morgan fingerprint density at radius 1 is 0.886 bits per heavy atom. The summed E-state index contributed by atoms with van der Waals surface area (Å²) in [6.45, 7) is 5.01. The van der Waals surface area contributed by atoms with Crippen molar-refractivity contribution in [2.45, 2.75) is 39.5 Å². The van der Waals surface area contributed by atoms with Crippen molar-refractivity contribution >= 4 is 21.9 Å². The molecule has 0 aliphatic rings. The van der Waals surface area contributed by atoms with Crippen LogP contribution >= 0.6 is 0 Å². The summed E-state index contributed by atoms with van der Waals surface area (Å²) in [6.07, 6.45) is 4.55. The maximum atomic E-state index is 10.5. The van der Waals surface area contributed by atoms with Gasteiger partial charge in [-0.15, -0.1) is 0 Å². The number of aromatic nitrogens is 2. The van der Waals surface area contributed by atoms with Gasteiger partial charge in [0.2, 0.25) is 5.88 Å². The van der Waals surface area contributed by atoms with E-state index in [1.165, 1.54) is 12.8 Å². The van der Waals surface area contributed by atoms with Crippen LogP contribution in [0.15, 0.2) is 77.2 Å². The number of nitrogens with zero attached hydrogens (tertiary/aromatic N) is 2. The number of phenolic OH excluding ortho intramolecular Hbond substituents is 1. The Morgan fingerprint density at radius 2 is 1.66 bits per heavy atom. The molecule has 5 heteroatoms. The van der Waals surface area contributed by atoms with Crippen LogP contribution < -0.4 is 4.74 Å². The van der Waals surface area contributed by atoms with Gasteiger partial charge in [0.1, 0.15) is 16.9 Å². The zero-order chi connectivity index (χ0) is 24.2. The van der Waals surface area contributed by atoms with Crippen molar-refractivity contribution in [3.8, 4) is 34.3 Å². The molecule has 0 spiro atoms. The lowest BCUT2D eigenvalue weighted by Crippen LogP contribution is -2.12. The van der Waals surface area contributed by atoms with Crippen molar-refractivity contribution in [2.75, 3.05) is 6.61 Å². The van der Waals surface area contributed by atoms with E-state index in [0.717, 1.165) is 40.3 Å². The Morgan fingerprint density at radius 3 is 2.49 bits per heavy atom. The Balaban J connectivity index is 1.61. The number of hydrogen-bond donors (Lipinski definition) is 1. The summed E-state index contributed by atoms with van der Waals surface area (Å²) in [5.41, 5.74) is 3.73. The molecule has 1 N–H and O–H groups in total. The number of benzene rings is 3. The molecule has 5 rings (SSSR count). The molecule has 3 aromatic carbocycles. The highest BCUT2D eigenvalue weighted by Gasteiger charge is 2.18. The molecule has 178 valence electrons. The summed E-state index contributed by atoms with van der Waals surface area (Å²) in [5.74, 6) is 1.52. The minimum absolute atomic E-state index is 0.131. The molecule has 0 amide bonds. The lowest BCUT2D eigenvalue weighted by molar-refractivity contribution is 0.226. The highest BCUT2D eigenvalue weighted by atomic mass is 16.5. The van der Waals surface area contributed by atoms with E-state index in [0.29, 0.717) is 35.5 Å². The number of para-hydroxylation sites is 3. The molecule has 1 atom stereocenters. The molecule has 0 saturated heterocycles. The molecule has 35 heavy (non-hydrogen) atoms. The van der Waals surface area contributed by atoms with E-state index in [1.54, 1.807) is 12.1 Å². The number of hydrogen-bond acceptors (Lipinski definition) is 5. The van der Waals surface area contributed by atoms with Gasteiger partial charge in [-0.3, -0.25) is 0 Å². The summed E-state index contributed by atoms with van der Waals surface area (Å²) in [7, 11) is 0. The van der Waals surface area contributed by atoms with Gasteiger partial charge in [0.05, 0.1) is 17.9 Å². The van der Waals surface area contributed by atoms with Crippen LogP contribution in [0, 0.1) is 5.92 Å². The molecular weight excluding hydrogens is 436 g/mol. The molecule has 2 heterocycles. The van der Waals surface area contributed by atoms with Gasteiger partial charge in [-0.05, 0) is 36.6 Å². The predicted octanol–water partition coefficient (Wildman–Crippen LogP) is 8.01. The van der Waals surface area contributed by atoms with E-state index in [9.17, 15) is 5.11 Å². The molecule has 5 nitrogen and oxygen atoms in total. The van der Waals surface area contributed by atoms with Crippen LogP contribution in [0.2, 0.25) is 0 Å². The minimum atomic E-state index is 0.131. The molecule has 0 fully saturated rings. The topological polar surface area (TPSA) is 68.4 Å². The number of furan rings is 1. The van der Waals surface area contributed by atoms with Crippen LogP contribution in [0.1, 0.15) is 39.5 Å². The van der Waals surface area contributed by atoms with Crippen molar-refractivity contribution in [1.29, 1.82) is 0 Å². The van der Waals surface area contributed by atoms with Crippen LogP contribution in [-0.2, 0) is 0 Å². The second-order valence-electron chi connectivity index (χ2n) is 8.94. The fourth-order valence-electron chi connectivity index (χ4n) is 4.47. The third kappa shape index (κ3) is 4.72. The first-order valence-electron chi connectivity index (χ1n) is 12.4.